The molecule has 0 aliphatic carbocycles. The molecule has 0 bridgehead atoms. The highest BCUT2D eigenvalue weighted by molar-refractivity contribution is 4.98. The van der Waals surface area contributed by atoms with Crippen molar-refractivity contribution in [3.05, 3.63) is 6.61 Å². The predicted molar refractivity (Wildman–Crippen MR) is 99.5 cm³/mol. The highest BCUT2D eigenvalue weighted by Crippen LogP contribution is 2.32. The molecule has 3 fully saturated rings. The molecule has 3 aliphatic heterocycles. The molecule has 1 radical (unpaired) electrons. The van der Waals surface area contributed by atoms with E-state index in [9.17, 15) is 51.1 Å². The van der Waals surface area contributed by atoms with Crippen molar-refractivity contribution in [1.29, 1.82) is 0 Å². The van der Waals surface area contributed by atoms with Gasteiger partial charge in [-0.3, -0.25) is 0 Å². The van der Waals surface area contributed by atoms with Crippen molar-refractivity contribution in [2.75, 3.05) is 19.8 Å². The molecular formula is C18H31O15. The molecule has 15 nitrogen and oxygen atoms in total. The second-order valence-electron chi connectivity index (χ2n) is 8.08. The minimum Gasteiger partial charge on any atom is -0.394 e. The highest BCUT2D eigenvalue weighted by Gasteiger charge is 2.51. The summed E-state index contributed by atoms with van der Waals surface area (Å²) in [5.41, 5.74) is 0. The summed E-state index contributed by atoms with van der Waals surface area (Å²) in [5, 5.41) is 98.9. The van der Waals surface area contributed by atoms with E-state index in [-0.39, 0.29) is 0 Å². The fourth-order valence-electron chi connectivity index (χ4n) is 3.83. The van der Waals surface area contributed by atoms with Crippen LogP contribution in [0.3, 0.4) is 0 Å². The van der Waals surface area contributed by atoms with E-state index >= 15 is 0 Å². The van der Waals surface area contributed by atoms with Gasteiger partial charge in [0.05, 0.1) is 19.8 Å². The Bertz CT molecular complexity index is 607. The Morgan fingerprint density at radius 1 is 0.545 bits per heavy atom. The van der Waals surface area contributed by atoms with Crippen molar-refractivity contribution in [2.24, 2.45) is 0 Å². The van der Waals surface area contributed by atoms with Crippen LogP contribution in [0.2, 0.25) is 0 Å². The number of rotatable bonds is 7. The molecule has 3 aliphatic rings. The molecular weight excluding hydrogens is 456 g/mol. The summed E-state index contributed by atoms with van der Waals surface area (Å²) in [6.07, 6.45) is -22.0. The van der Waals surface area contributed by atoms with E-state index in [1.807, 2.05) is 0 Å². The van der Waals surface area contributed by atoms with Crippen LogP contribution in [0, 0.1) is 6.61 Å². The van der Waals surface area contributed by atoms with Gasteiger partial charge in [-0.2, -0.15) is 0 Å². The average Bonchev–Trinajstić information content (AvgIpc) is 2.81. The van der Waals surface area contributed by atoms with Gasteiger partial charge in [0.2, 0.25) is 0 Å². The lowest BCUT2D eigenvalue weighted by atomic mass is 9.97. The van der Waals surface area contributed by atoms with Gasteiger partial charge in [0.15, 0.2) is 12.6 Å². The van der Waals surface area contributed by atoms with Gasteiger partial charge in [0, 0.05) is 0 Å². The minimum atomic E-state index is -1.81. The van der Waals surface area contributed by atoms with Gasteiger partial charge >= 0.3 is 0 Å². The molecule has 33 heavy (non-hydrogen) atoms. The maximum absolute atomic E-state index is 10.6. The molecule has 0 aromatic carbocycles. The van der Waals surface area contributed by atoms with Crippen molar-refractivity contribution in [3.63, 3.8) is 0 Å². The fraction of sp³-hybridized carbons (Fsp3) is 0.944. The van der Waals surface area contributed by atoms with Gasteiger partial charge in [0.1, 0.15) is 79.9 Å². The van der Waals surface area contributed by atoms with Crippen LogP contribution in [0.5, 0.6) is 0 Å². The van der Waals surface area contributed by atoms with E-state index in [0.29, 0.717) is 0 Å². The van der Waals surface area contributed by atoms with Gasteiger partial charge in [-0.05, 0) is 0 Å². The maximum atomic E-state index is 10.6. The van der Waals surface area contributed by atoms with Crippen molar-refractivity contribution in [1.82, 2.24) is 0 Å². The van der Waals surface area contributed by atoms with Crippen molar-refractivity contribution in [2.45, 2.75) is 85.8 Å². The summed E-state index contributed by atoms with van der Waals surface area (Å²) in [4.78, 5) is 0. The van der Waals surface area contributed by atoms with Crippen LogP contribution in [0.4, 0.5) is 0 Å². The molecule has 0 aromatic rings. The number of aliphatic hydroxyl groups is 10. The van der Waals surface area contributed by atoms with Crippen LogP contribution in [-0.4, -0.2) is 157 Å². The summed E-state index contributed by atoms with van der Waals surface area (Å²) >= 11 is 0. The summed E-state index contributed by atoms with van der Waals surface area (Å²) in [7, 11) is 0. The molecule has 10 N–H and O–H groups in total. The van der Waals surface area contributed by atoms with Gasteiger partial charge < -0.3 is 74.7 Å². The SMILES string of the molecule is OC[C@H]1O[C@H](O[C@H]2[C@H](O)[C@@H](CO)O[CH][C@H]2O[C@H]2O[C@H](CO)[C@@H](O)[C@H](O)[C@@H]2O)[C@@H](O)[C@@H](O)[C@@H]1O. The first kappa shape index (κ1) is 27.0. The smallest absolute Gasteiger partial charge is 0.187 e. The summed E-state index contributed by atoms with van der Waals surface area (Å²) in [6.45, 7) is -1.10. The fourth-order valence-corrected chi connectivity index (χ4v) is 3.83. The van der Waals surface area contributed by atoms with Crippen LogP contribution >= 0.6 is 0 Å². The van der Waals surface area contributed by atoms with E-state index in [0.717, 1.165) is 6.61 Å². The Labute approximate surface area is 187 Å². The predicted octanol–water partition coefficient (Wildman–Crippen LogP) is -6.73. The van der Waals surface area contributed by atoms with E-state index in [4.69, 9.17) is 23.7 Å². The zero-order valence-electron chi connectivity index (χ0n) is 17.3. The molecule has 0 spiro atoms. The van der Waals surface area contributed by atoms with E-state index in [2.05, 4.69) is 0 Å². The van der Waals surface area contributed by atoms with Gasteiger partial charge in [0.25, 0.3) is 0 Å². The quantitative estimate of drug-likeness (QED) is 0.160. The van der Waals surface area contributed by atoms with Gasteiger partial charge in [-0.15, -0.1) is 0 Å². The monoisotopic (exact) mass is 487 g/mol. The van der Waals surface area contributed by atoms with Crippen LogP contribution < -0.4 is 0 Å². The number of hydrogen-bond donors (Lipinski definition) is 10. The van der Waals surface area contributed by atoms with Crippen molar-refractivity contribution < 1.29 is 74.7 Å². The second kappa shape index (κ2) is 11.4. The molecule has 193 valence electrons. The maximum Gasteiger partial charge on any atom is 0.187 e. The number of hydrogen-bond acceptors (Lipinski definition) is 15. The first-order valence-corrected chi connectivity index (χ1v) is 10.3. The van der Waals surface area contributed by atoms with Crippen LogP contribution in [-0.2, 0) is 23.7 Å². The molecule has 0 aromatic heterocycles. The normalized spacial score (nSPS) is 51.5. The summed E-state index contributed by atoms with van der Waals surface area (Å²) in [5.74, 6) is 0. The van der Waals surface area contributed by atoms with E-state index < -0.39 is 106 Å². The molecule has 3 saturated heterocycles. The van der Waals surface area contributed by atoms with Crippen LogP contribution in [0.1, 0.15) is 0 Å². The first-order valence-electron chi connectivity index (χ1n) is 10.3. The van der Waals surface area contributed by atoms with Crippen LogP contribution in [0.15, 0.2) is 0 Å². The Morgan fingerprint density at radius 3 is 1.45 bits per heavy atom. The Hall–Kier alpha value is -0.600. The Morgan fingerprint density at radius 2 is 1.00 bits per heavy atom. The highest BCUT2D eigenvalue weighted by atomic mass is 16.7. The van der Waals surface area contributed by atoms with Crippen molar-refractivity contribution in [3.8, 4) is 0 Å². The topological polar surface area (TPSA) is 248 Å². The molecule has 0 unspecified atom stereocenters. The number of ether oxygens (including phenoxy) is 5. The molecule has 3 rings (SSSR count). The zero-order chi connectivity index (χ0) is 24.4. The lowest BCUT2D eigenvalue weighted by Crippen LogP contribution is -2.64. The third kappa shape index (κ3) is 5.48. The van der Waals surface area contributed by atoms with Crippen molar-refractivity contribution >= 4 is 0 Å². The number of aliphatic hydroxyl groups excluding tert-OH is 10. The minimum absolute atomic E-state index is 0.654. The third-order valence-corrected chi connectivity index (χ3v) is 5.89. The van der Waals surface area contributed by atoms with Gasteiger partial charge in [-0.1, -0.05) is 0 Å². The van der Waals surface area contributed by atoms with E-state index in [1.165, 1.54) is 0 Å². The Kier molecular flexibility index (Phi) is 9.35. The molecule has 0 saturated carbocycles. The Balaban J connectivity index is 1.77. The molecule has 15 heteroatoms. The van der Waals surface area contributed by atoms with Crippen LogP contribution in [0.25, 0.3) is 0 Å². The lowest BCUT2D eigenvalue weighted by molar-refractivity contribution is -0.356. The third-order valence-electron chi connectivity index (χ3n) is 5.89. The summed E-state index contributed by atoms with van der Waals surface area (Å²) < 4.78 is 26.9. The summed E-state index contributed by atoms with van der Waals surface area (Å²) in [6, 6.07) is 0. The largest absolute Gasteiger partial charge is 0.394 e. The average molecular weight is 487 g/mol. The molecule has 3 heterocycles. The first-order chi connectivity index (χ1) is 15.6. The van der Waals surface area contributed by atoms with Gasteiger partial charge in [-0.25, -0.2) is 0 Å². The second-order valence-corrected chi connectivity index (χ2v) is 8.08. The standard InChI is InChI=1S/C18H31O15/c19-1-5-11(24)16(33-18-15(28)13(26)10(23)7(3-21)31-18)8(4-29-5)32-17-14(27)12(25)9(22)6(2-20)30-17/h4-28H,1-3H2/t5-,6-,7-,8-,9-,10-,11-,12+,13+,14+,15+,16-,17-,18-/m1/s1. The molecule has 14 atom stereocenters. The molecule has 0 amide bonds. The zero-order valence-corrected chi connectivity index (χ0v) is 17.3. The van der Waals surface area contributed by atoms with E-state index in [1.54, 1.807) is 0 Å². The lowest BCUT2D eigenvalue weighted by Gasteiger charge is -2.46.